The molecule has 8 heteroatoms. The van der Waals surface area contributed by atoms with Crippen molar-refractivity contribution in [2.75, 3.05) is 0 Å². The lowest BCUT2D eigenvalue weighted by Crippen LogP contribution is -2.53. The van der Waals surface area contributed by atoms with Gasteiger partial charge in [0.25, 0.3) is 0 Å². The number of rotatable bonds is 0. The fourth-order valence-corrected chi connectivity index (χ4v) is 4.32. The zero-order valence-electron chi connectivity index (χ0n) is 9.58. The maximum absolute atomic E-state index is 13.1. The summed E-state index contributed by atoms with van der Waals surface area (Å²) in [4.78, 5) is 0. The van der Waals surface area contributed by atoms with E-state index in [2.05, 4.69) is 10.2 Å². The third-order valence-corrected chi connectivity index (χ3v) is 5.37. The molecule has 18 heavy (non-hydrogen) atoms. The van der Waals surface area contributed by atoms with Crippen molar-refractivity contribution in [3.05, 3.63) is 0 Å². The van der Waals surface area contributed by atoms with Gasteiger partial charge in [-0.25, -0.2) is 0 Å². The summed E-state index contributed by atoms with van der Waals surface area (Å²) in [6.45, 7) is 2.48. The van der Waals surface area contributed by atoms with E-state index < -0.39 is 47.1 Å². The predicted molar refractivity (Wildman–Crippen MR) is 47.9 cm³/mol. The van der Waals surface area contributed by atoms with Crippen LogP contribution in [0.15, 0.2) is 10.2 Å². The van der Waals surface area contributed by atoms with E-state index in [1.807, 2.05) is 0 Å². The van der Waals surface area contributed by atoms with Gasteiger partial charge in [-0.1, -0.05) is 13.8 Å². The lowest BCUT2D eigenvalue weighted by molar-refractivity contribution is -0.222. The monoisotopic (exact) mass is 272 g/mol. The zero-order chi connectivity index (χ0) is 13.8. The molecule has 2 fully saturated rings. The summed E-state index contributed by atoms with van der Waals surface area (Å²) in [5.74, 6) is 0. The molecule has 0 spiro atoms. The van der Waals surface area contributed by atoms with Crippen molar-refractivity contribution < 1.29 is 26.3 Å². The molecule has 0 saturated heterocycles. The van der Waals surface area contributed by atoms with Gasteiger partial charge in [-0.15, -0.1) is 0 Å². The molecule has 0 radical (unpaired) electrons. The van der Waals surface area contributed by atoms with Crippen LogP contribution in [0, 0.1) is 10.8 Å². The number of hydrogen-bond acceptors (Lipinski definition) is 2. The highest BCUT2D eigenvalue weighted by molar-refractivity contribution is 5.45. The van der Waals surface area contributed by atoms with E-state index in [1.165, 1.54) is 13.8 Å². The van der Waals surface area contributed by atoms with E-state index in [-0.39, 0.29) is 0 Å². The van der Waals surface area contributed by atoms with Gasteiger partial charge in [0.05, 0.1) is 0 Å². The van der Waals surface area contributed by atoms with Gasteiger partial charge < -0.3 is 0 Å². The second-order valence-corrected chi connectivity index (χ2v) is 5.96. The van der Waals surface area contributed by atoms with Crippen molar-refractivity contribution in [1.29, 1.82) is 0 Å². The molecule has 0 aromatic rings. The second-order valence-electron chi connectivity index (χ2n) is 5.96. The third kappa shape index (κ3) is 0.815. The second kappa shape index (κ2) is 2.43. The highest BCUT2D eigenvalue weighted by Gasteiger charge is 3.00. The molecule has 2 aliphatic carbocycles. The van der Waals surface area contributed by atoms with Gasteiger partial charge in [-0.3, -0.25) is 0 Å². The first-order valence-corrected chi connectivity index (χ1v) is 5.45. The average Bonchev–Trinajstić information content (AvgIpc) is 2.45. The molecular weight excluding hydrogens is 262 g/mol. The standard InChI is InChI=1S/C10H10F6N2/c1-5-3-7(9(11,12)13)4-6(5,2)8(5,18-17-7)10(14,15)16/h3-4H2,1-2H3/t5-,6+,7?,8?. The number of hydrogen-bond donors (Lipinski definition) is 0. The summed E-state index contributed by atoms with van der Waals surface area (Å²) in [6.07, 6.45) is -10.5. The molecule has 4 bridgehead atoms. The van der Waals surface area contributed by atoms with Crippen molar-refractivity contribution in [2.24, 2.45) is 21.1 Å². The van der Waals surface area contributed by atoms with Gasteiger partial charge in [0.1, 0.15) is 0 Å². The van der Waals surface area contributed by atoms with Crippen LogP contribution in [0.4, 0.5) is 26.3 Å². The fraction of sp³-hybridized carbons (Fsp3) is 1.00. The summed E-state index contributed by atoms with van der Waals surface area (Å²) < 4.78 is 78.2. The average molecular weight is 272 g/mol. The van der Waals surface area contributed by atoms with Crippen LogP contribution in [0.2, 0.25) is 0 Å². The van der Waals surface area contributed by atoms with Gasteiger partial charge in [-0.2, -0.15) is 36.6 Å². The molecular formula is C10H10F6N2. The molecule has 2 saturated carbocycles. The van der Waals surface area contributed by atoms with Crippen LogP contribution in [-0.2, 0) is 0 Å². The summed E-state index contributed by atoms with van der Waals surface area (Å²) >= 11 is 0. The Kier molecular flexibility index (Phi) is 1.65. The Morgan fingerprint density at radius 3 is 1.50 bits per heavy atom. The molecule has 0 aromatic carbocycles. The van der Waals surface area contributed by atoms with E-state index in [1.54, 1.807) is 0 Å². The molecule has 102 valence electrons. The molecule has 4 atom stereocenters. The fourth-order valence-electron chi connectivity index (χ4n) is 4.32. The highest BCUT2D eigenvalue weighted by Crippen LogP contribution is 2.90. The van der Waals surface area contributed by atoms with E-state index in [9.17, 15) is 26.3 Å². The van der Waals surface area contributed by atoms with E-state index in [4.69, 9.17) is 0 Å². The van der Waals surface area contributed by atoms with Crippen molar-refractivity contribution >= 4 is 0 Å². The normalized spacial score (nSPS) is 53.8. The highest BCUT2D eigenvalue weighted by atomic mass is 19.4. The zero-order valence-corrected chi connectivity index (χ0v) is 9.58. The Labute approximate surface area is 98.4 Å². The van der Waals surface area contributed by atoms with Crippen molar-refractivity contribution in [2.45, 2.75) is 50.1 Å². The van der Waals surface area contributed by atoms with Gasteiger partial charge in [0, 0.05) is 10.8 Å². The van der Waals surface area contributed by atoms with Gasteiger partial charge in [0.2, 0.25) is 0 Å². The molecule has 2 unspecified atom stereocenters. The van der Waals surface area contributed by atoms with E-state index >= 15 is 0 Å². The molecule has 0 aromatic heterocycles. The molecule has 4 rings (SSSR count). The maximum Gasteiger partial charge on any atom is 0.416 e. The van der Waals surface area contributed by atoms with Crippen LogP contribution in [0.25, 0.3) is 0 Å². The molecule has 2 heterocycles. The van der Waals surface area contributed by atoms with E-state index in [0.29, 0.717) is 0 Å². The van der Waals surface area contributed by atoms with Crippen LogP contribution in [0.5, 0.6) is 0 Å². The topological polar surface area (TPSA) is 24.7 Å². The minimum Gasteiger partial charge on any atom is -0.177 e. The number of nitrogens with zero attached hydrogens (tertiary/aromatic N) is 2. The van der Waals surface area contributed by atoms with Crippen molar-refractivity contribution in [3.63, 3.8) is 0 Å². The predicted octanol–water partition coefficient (Wildman–Crippen LogP) is 3.87. The van der Waals surface area contributed by atoms with Crippen molar-refractivity contribution in [1.82, 2.24) is 0 Å². The number of alkyl halides is 6. The minimum absolute atomic E-state index is 0.622. The van der Waals surface area contributed by atoms with Gasteiger partial charge in [-0.05, 0) is 12.8 Å². The number of halogens is 6. The quantitative estimate of drug-likeness (QED) is 0.598. The van der Waals surface area contributed by atoms with Crippen LogP contribution in [0.3, 0.4) is 0 Å². The summed E-state index contributed by atoms with van der Waals surface area (Å²) in [5.41, 5.74) is -7.81. The van der Waals surface area contributed by atoms with Crippen LogP contribution in [-0.4, -0.2) is 23.4 Å². The molecule has 4 aliphatic rings. The molecule has 0 N–H and O–H groups in total. The van der Waals surface area contributed by atoms with Crippen LogP contribution in [0.1, 0.15) is 26.7 Å². The Morgan fingerprint density at radius 2 is 1.22 bits per heavy atom. The maximum atomic E-state index is 13.1. The molecule has 2 aliphatic heterocycles. The minimum atomic E-state index is -4.65. The first-order chi connectivity index (χ1) is 7.87. The lowest BCUT2D eigenvalue weighted by atomic mass is 9.81. The van der Waals surface area contributed by atoms with Gasteiger partial charge >= 0.3 is 12.4 Å². The first kappa shape index (κ1) is 12.2. The smallest absolute Gasteiger partial charge is 0.177 e. The third-order valence-electron chi connectivity index (χ3n) is 5.37. The van der Waals surface area contributed by atoms with E-state index in [0.717, 1.165) is 0 Å². The van der Waals surface area contributed by atoms with Crippen molar-refractivity contribution in [3.8, 4) is 0 Å². The largest absolute Gasteiger partial charge is 0.416 e. The summed E-state index contributed by atoms with van der Waals surface area (Å²) in [6, 6.07) is 0. The Hall–Kier alpha value is -0.820. The molecule has 2 nitrogen and oxygen atoms in total. The summed E-state index contributed by atoms with van der Waals surface area (Å²) in [7, 11) is 0. The Bertz CT molecular complexity index is 446. The SMILES string of the molecule is C[C@@]12CC3(C(F)(F)F)C[C@]1(C)C2(C(F)(F)F)N=N3. The summed E-state index contributed by atoms with van der Waals surface area (Å²) in [5, 5.41) is 6.13. The Morgan fingerprint density at radius 1 is 0.778 bits per heavy atom. The number of azo groups is 1. The molecule has 0 amide bonds. The first-order valence-electron chi connectivity index (χ1n) is 5.45. The van der Waals surface area contributed by atoms with Crippen LogP contribution < -0.4 is 0 Å². The Balaban J connectivity index is 2.17. The lowest BCUT2D eigenvalue weighted by Gasteiger charge is -2.39. The van der Waals surface area contributed by atoms with Crippen LogP contribution >= 0.6 is 0 Å². The van der Waals surface area contributed by atoms with Gasteiger partial charge in [0.15, 0.2) is 11.1 Å².